The summed E-state index contributed by atoms with van der Waals surface area (Å²) in [5.41, 5.74) is 0. The van der Waals surface area contributed by atoms with Gasteiger partial charge in [0.25, 0.3) is 0 Å². The molecule has 0 N–H and O–H groups in total. The number of nitrogens with zero attached hydrogens (tertiary/aromatic N) is 4. The van der Waals surface area contributed by atoms with E-state index in [2.05, 4.69) is 40.4 Å². The molecule has 0 bridgehead atoms. The van der Waals surface area contributed by atoms with Crippen molar-refractivity contribution in [2.24, 2.45) is 0 Å². The highest BCUT2D eigenvalue weighted by molar-refractivity contribution is 5.77. The number of rotatable bonds is 5. The Labute approximate surface area is 137 Å². The van der Waals surface area contributed by atoms with Crippen LogP contribution in [0.15, 0.2) is 0 Å². The summed E-state index contributed by atoms with van der Waals surface area (Å²) in [6.45, 7) is 21.0. The second-order valence-electron chi connectivity index (χ2n) is 6.28. The minimum absolute atomic E-state index is 0.273. The lowest BCUT2D eigenvalue weighted by Crippen LogP contribution is -2.46. The Bertz CT molecular complexity index is 291. The van der Waals surface area contributed by atoms with Crippen molar-refractivity contribution in [3.63, 3.8) is 0 Å². The summed E-state index contributed by atoms with van der Waals surface area (Å²) >= 11 is 0. The lowest BCUT2D eigenvalue weighted by molar-refractivity contribution is -0.118. The minimum Gasteiger partial charge on any atom is -0.301 e. The van der Waals surface area contributed by atoms with E-state index in [9.17, 15) is 4.79 Å². The number of Topliss-reactive ketones (excluding diaryl/α,β-unsaturated/α-hetero) is 1. The van der Waals surface area contributed by atoms with E-state index in [1.807, 2.05) is 0 Å². The maximum absolute atomic E-state index is 11.5. The second-order valence-corrected chi connectivity index (χ2v) is 6.28. The van der Waals surface area contributed by atoms with Crippen LogP contribution in [0.5, 0.6) is 0 Å². The number of hydrogen-bond donors (Lipinski definition) is 0. The van der Waals surface area contributed by atoms with Crippen LogP contribution in [-0.2, 0) is 4.79 Å². The van der Waals surface area contributed by atoms with Crippen LogP contribution in [0.2, 0.25) is 0 Å². The smallest absolute Gasteiger partial charge is 0.143 e. The van der Waals surface area contributed by atoms with Crippen molar-refractivity contribution in [1.82, 2.24) is 19.6 Å². The first-order valence-corrected chi connectivity index (χ1v) is 8.97. The Morgan fingerprint density at radius 1 is 0.636 bits per heavy atom. The third-order valence-electron chi connectivity index (χ3n) is 4.72. The third-order valence-corrected chi connectivity index (χ3v) is 4.72. The van der Waals surface area contributed by atoms with Crippen LogP contribution in [-0.4, -0.2) is 104 Å². The first kappa shape index (κ1) is 19.6. The lowest BCUT2D eigenvalue weighted by atomic mass is 10.3. The number of ketones is 1. The van der Waals surface area contributed by atoms with E-state index in [0.717, 1.165) is 72.0 Å². The maximum Gasteiger partial charge on any atom is 0.143 e. The Balaban J connectivity index is 2.66. The van der Waals surface area contributed by atoms with Crippen LogP contribution >= 0.6 is 0 Å². The van der Waals surface area contributed by atoms with E-state index in [0.29, 0.717) is 6.54 Å². The largest absolute Gasteiger partial charge is 0.301 e. The van der Waals surface area contributed by atoms with E-state index in [-0.39, 0.29) is 5.78 Å². The van der Waals surface area contributed by atoms with Crippen molar-refractivity contribution in [2.45, 2.75) is 27.7 Å². The van der Waals surface area contributed by atoms with Crippen molar-refractivity contribution in [1.29, 1.82) is 0 Å². The minimum atomic E-state index is 0.273. The fraction of sp³-hybridized carbons (Fsp3) is 0.941. The molecule has 1 fully saturated rings. The van der Waals surface area contributed by atoms with Gasteiger partial charge in [-0.2, -0.15) is 0 Å². The standard InChI is InChI=1S/C17H36N4O/c1-5-18-8-10-19(6-2)12-14-21(16-17(4)22)15-13-20(7-3)11-9-18/h5-16H2,1-4H3. The van der Waals surface area contributed by atoms with Crippen LogP contribution in [0.4, 0.5) is 0 Å². The highest BCUT2D eigenvalue weighted by atomic mass is 16.1. The number of likely N-dealkylation sites (N-methyl/N-ethyl adjacent to an activating group) is 3. The molecule has 0 spiro atoms. The molecular weight excluding hydrogens is 276 g/mol. The van der Waals surface area contributed by atoms with Gasteiger partial charge in [0.05, 0.1) is 6.54 Å². The summed E-state index contributed by atoms with van der Waals surface area (Å²) in [5.74, 6) is 0.273. The van der Waals surface area contributed by atoms with Gasteiger partial charge in [-0.15, -0.1) is 0 Å². The zero-order chi connectivity index (χ0) is 16.4. The molecular formula is C17H36N4O. The van der Waals surface area contributed by atoms with Crippen LogP contribution < -0.4 is 0 Å². The van der Waals surface area contributed by atoms with E-state index in [1.54, 1.807) is 6.92 Å². The maximum atomic E-state index is 11.5. The van der Waals surface area contributed by atoms with Crippen molar-refractivity contribution < 1.29 is 4.79 Å². The highest BCUT2D eigenvalue weighted by Gasteiger charge is 2.15. The number of hydrogen-bond acceptors (Lipinski definition) is 5. The molecule has 5 heteroatoms. The molecule has 1 heterocycles. The lowest BCUT2D eigenvalue weighted by Gasteiger charge is -2.33. The third kappa shape index (κ3) is 7.68. The van der Waals surface area contributed by atoms with Gasteiger partial charge in [0.2, 0.25) is 0 Å². The molecule has 0 atom stereocenters. The van der Waals surface area contributed by atoms with Crippen molar-refractivity contribution in [2.75, 3.05) is 78.5 Å². The first-order valence-electron chi connectivity index (χ1n) is 8.97. The van der Waals surface area contributed by atoms with Crippen LogP contribution in [0.25, 0.3) is 0 Å². The highest BCUT2D eigenvalue weighted by Crippen LogP contribution is 2.00. The summed E-state index contributed by atoms with van der Waals surface area (Å²) in [5, 5.41) is 0. The second kappa shape index (κ2) is 11.1. The van der Waals surface area contributed by atoms with E-state index in [1.165, 1.54) is 0 Å². The zero-order valence-corrected chi connectivity index (χ0v) is 15.2. The summed E-state index contributed by atoms with van der Waals surface area (Å²) in [6.07, 6.45) is 0. The van der Waals surface area contributed by atoms with E-state index < -0.39 is 0 Å². The Hall–Kier alpha value is -0.490. The van der Waals surface area contributed by atoms with Crippen LogP contribution in [0, 0.1) is 0 Å². The molecule has 0 aromatic heterocycles. The number of carbonyl (C=O) groups is 1. The van der Waals surface area contributed by atoms with Gasteiger partial charge in [-0.3, -0.25) is 9.69 Å². The molecule has 1 aliphatic rings. The molecule has 0 aromatic carbocycles. The molecule has 0 saturated carbocycles. The molecule has 1 saturated heterocycles. The normalized spacial score (nSPS) is 22.2. The van der Waals surface area contributed by atoms with Crippen molar-refractivity contribution in [3.8, 4) is 0 Å². The summed E-state index contributed by atoms with van der Waals surface area (Å²) in [4.78, 5) is 21.4. The van der Waals surface area contributed by atoms with Gasteiger partial charge in [-0.1, -0.05) is 20.8 Å². The molecule has 1 aliphatic heterocycles. The Morgan fingerprint density at radius 2 is 0.909 bits per heavy atom. The zero-order valence-electron chi connectivity index (χ0n) is 15.2. The van der Waals surface area contributed by atoms with Gasteiger partial charge in [-0.25, -0.2) is 0 Å². The first-order chi connectivity index (χ1) is 10.6. The molecule has 5 nitrogen and oxygen atoms in total. The molecule has 0 radical (unpaired) electrons. The van der Waals surface area contributed by atoms with Gasteiger partial charge in [-0.05, 0) is 26.6 Å². The molecule has 130 valence electrons. The Kier molecular flexibility index (Phi) is 9.87. The number of carbonyl (C=O) groups excluding carboxylic acids is 1. The topological polar surface area (TPSA) is 30.0 Å². The molecule has 0 amide bonds. The molecule has 0 aliphatic carbocycles. The quantitative estimate of drug-likeness (QED) is 0.751. The van der Waals surface area contributed by atoms with Gasteiger partial charge in [0.15, 0.2) is 0 Å². The fourth-order valence-corrected chi connectivity index (χ4v) is 3.00. The summed E-state index contributed by atoms with van der Waals surface area (Å²) in [6, 6.07) is 0. The SMILES string of the molecule is CCN1CCN(CC)CCN(CC(C)=O)CCN(CC)CC1. The van der Waals surface area contributed by atoms with Crippen molar-refractivity contribution in [3.05, 3.63) is 0 Å². The summed E-state index contributed by atoms with van der Waals surface area (Å²) in [7, 11) is 0. The predicted molar refractivity (Wildman–Crippen MR) is 93.5 cm³/mol. The fourth-order valence-electron chi connectivity index (χ4n) is 3.00. The van der Waals surface area contributed by atoms with Crippen LogP contribution in [0.1, 0.15) is 27.7 Å². The van der Waals surface area contributed by atoms with Gasteiger partial charge in [0.1, 0.15) is 5.78 Å². The average molecular weight is 313 g/mol. The van der Waals surface area contributed by atoms with Gasteiger partial charge < -0.3 is 14.7 Å². The molecule has 0 unspecified atom stereocenters. The van der Waals surface area contributed by atoms with Crippen LogP contribution in [0.3, 0.4) is 0 Å². The van der Waals surface area contributed by atoms with Gasteiger partial charge >= 0.3 is 0 Å². The predicted octanol–water partition coefficient (Wildman–Crippen LogP) is 0.857. The average Bonchev–Trinajstić information content (AvgIpc) is 2.50. The Morgan fingerprint density at radius 3 is 1.14 bits per heavy atom. The summed E-state index contributed by atoms with van der Waals surface area (Å²) < 4.78 is 0. The van der Waals surface area contributed by atoms with Gasteiger partial charge in [0, 0.05) is 52.4 Å². The van der Waals surface area contributed by atoms with E-state index >= 15 is 0 Å². The van der Waals surface area contributed by atoms with E-state index in [4.69, 9.17) is 0 Å². The molecule has 0 aromatic rings. The monoisotopic (exact) mass is 312 g/mol. The molecule has 1 rings (SSSR count). The van der Waals surface area contributed by atoms with Crippen molar-refractivity contribution >= 4 is 5.78 Å². The molecule has 22 heavy (non-hydrogen) atoms.